The molecule has 0 aliphatic rings. The van der Waals surface area contributed by atoms with E-state index in [0.29, 0.717) is 11.8 Å². The van der Waals surface area contributed by atoms with Crippen LogP contribution in [-0.4, -0.2) is 41.2 Å². The van der Waals surface area contributed by atoms with Crippen molar-refractivity contribution in [1.29, 1.82) is 0 Å². The van der Waals surface area contributed by atoms with Gasteiger partial charge in [-0.1, -0.05) is 11.9 Å². The van der Waals surface area contributed by atoms with Gasteiger partial charge in [0.2, 0.25) is 0 Å². The average Bonchev–Trinajstić information content (AvgIpc) is 3.16. The first-order valence-electron chi connectivity index (χ1n) is 7.57. The van der Waals surface area contributed by atoms with Gasteiger partial charge in [-0.05, 0) is 24.6 Å². The van der Waals surface area contributed by atoms with Gasteiger partial charge in [-0.15, -0.1) is 10.2 Å². The van der Waals surface area contributed by atoms with Gasteiger partial charge in [-0.2, -0.15) is 33.7 Å². The van der Waals surface area contributed by atoms with Crippen LogP contribution in [-0.2, 0) is 37.3 Å². The monoisotopic (exact) mass is 490 g/mol. The third-order valence-electron chi connectivity index (χ3n) is 3.61. The first-order chi connectivity index (χ1) is 13.1. The van der Waals surface area contributed by atoms with E-state index in [9.17, 15) is 22.0 Å². The molecule has 0 saturated carbocycles. The Kier molecular flexibility index (Phi) is 7.04. The van der Waals surface area contributed by atoms with E-state index in [2.05, 4.69) is 26.5 Å². The Bertz CT molecular complexity index is 973. The van der Waals surface area contributed by atoms with Crippen molar-refractivity contribution < 1.29 is 39.3 Å². The fraction of sp³-hybridized carbons (Fsp3) is 0.429. The van der Waals surface area contributed by atoms with E-state index in [0.717, 1.165) is 28.1 Å². The van der Waals surface area contributed by atoms with Crippen LogP contribution >= 0.6 is 21.5 Å². The topological polar surface area (TPSA) is 61.4 Å². The van der Waals surface area contributed by atoms with Crippen molar-refractivity contribution in [2.75, 3.05) is 5.75 Å². The molecule has 0 N–H and O–H groups in total. The molecule has 0 aromatic carbocycles. The fourth-order valence-electron chi connectivity index (χ4n) is 2.32. The van der Waals surface area contributed by atoms with Crippen molar-refractivity contribution in [2.24, 2.45) is 14.1 Å². The van der Waals surface area contributed by atoms with Crippen LogP contribution in [0.1, 0.15) is 12.6 Å². The van der Waals surface area contributed by atoms with Crippen LogP contribution in [0.4, 0.5) is 22.0 Å². The van der Waals surface area contributed by atoms with Crippen molar-refractivity contribution in [3.63, 3.8) is 0 Å². The molecule has 6 nitrogen and oxygen atoms in total. The normalized spacial score (nSPS) is 12.2. The van der Waals surface area contributed by atoms with Crippen LogP contribution in [0.5, 0.6) is 0 Å². The standard InChI is InChI=1S/C14H12F5N6S.ClH.Zn/c1-4-26-12-9(20-6-24(12)2)11-21-7-5-8(13(15,16)14(17,18)19)22-23-10(7)25(11)3;;/h5H,4H2,1-3H3;1H;/q-1;;+2/p-1. The molecule has 0 bridgehead atoms. The maximum absolute atomic E-state index is 13.5. The van der Waals surface area contributed by atoms with Crippen LogP contribution in [0.25, 0.3) is 22.7 Å². The Hall–Kier alpha value is -1.33. The number of fused-ring (bicyclic) bond motifs is 1. The summed E-state index contributed by atoms with van der Waals surface area (Å²) in [6.07, 6.45) is -3.03. The molecular weight excluding hydrogens is 480 g/mol. The van der Waals surface area contributed by atoms with Crippen molar-refractivity contribution >= 4 is 32.6 Å². The summed E-state index contributed by atoms with van der Waals surface area (Å²) in [5.41, 5.74) is -1.13. The van der Waals surface area contributed by atoms with Crippen LogP contribution in [0.2, 0.25) is 0 Å². The Morgan fingerprint density at radius 3 is 2.39 bits per heavy atom. The van der Waals surface area contributed by atoms with Crippen molar-refractivity contribution in [3.05, 3.63) is 18.1 Å². The Balaban J connectivity index is 0.00000136. The number of nitrogens with zero attached hydrogens (tertiary/aromatic N) is 6. The number of thioether (sulfide) groups is 1. The summed E-state index contributed by atoms with van der Waals surface area (Å²) in [7, 11) is 8.05. The summed E-state index contributed by atoms with van der Waals surface area (Å²) in [5.74, 6) is -4.10. The van der Waals surface area contributed by atoms with Gasteiger partial charge in [-0.25, -0.2) is 4.98 Å². The number of halogens is 6. The van der Waals surface area contributed by atoms with Gasteiger partial charge < -0.3 is 14.1 Å². The van der Waals surface area contributed by atoms with Gasteiger partial charge in [0.1, 0.15) is 11.2 Å². The average molecular weight is 492 g/mol. The number of alkyl halides is 5. The Morgan fingerprint density at radius 2 is 1.82 bits per heavy atom. The Morgan fingerprint density at radius 1 is 1.18 bits per heavy atom. The van der Waals surface area contributed by atoms with E-state index in [1.807, 2.05) is 6.92 Å². The maximum atomic E-state index is 13.5. The minimum absolute atomic E-state index is 0.0693. The van der Waals surface area contributed by atoms with E-state index < -0.39 is 17.8 Å². The van der Waals surface area contributed by atoms with Gasteiger partial charge in [0, 0.05) is 13.4 Å². The number of aromatic nitrogens is 6. The molecule has 3 aromatic heterocycles. The number of hydrogen-bond donors (Lipinski definition) is 0. The van der Waals surface area contributed by atoms with Crippen LogP contribution < -0.4 is 0 Å². The molecule has 0 fully saturated rings. The van der Waals surface area contributed by atoms with Crippen molar-refractivity contribution in [2.45, 2.75) is 24.0 Å². The van der Waals surface area contributed by atoms with Crippen LogP contribution in [0.3, 0.4) is 0 Å². The zero-order valence-electron chi connectivity index (χ0n) is 14.9. The molecule has 0 unspecified atom stereocenters. The zero-order valence-corrected chi connectivity index (χ0v) is 19.4. The molecule has 148 valence electrons. The van der Waals surface area contributed by atoms with E-state index in [4.69, 9.17) is 9.69 Å². The molecule has 0 spiro atoms. The summed E-state index contributed by atoms with van der Waals surface area (Å²) in [4.78, 5) is 8.27. The zero-order chi connectivity index (χ0) is 21.3. The fourth-order valence-corrected chi connectivity index (χ4v) is 3.10. The second-order valence-electron chi connectivity index (χ2n) is 5.36. The number of hydrogen-bond acceptors (Lipinski definition) is 5. The first kappa shape index (κ1) is 23.0. The summed E-state index contributed by atoms with van der Waals surface area (Å²) in [6, 6.07) is 0.596. The second-order valence-corrected chi connectivity index (χ2v) is 6.62. The number of rotatable bonds is 4. The Labute approximate surface area is 174 Å². The van der Waals surface area contributed by atoms with Crippen LogP contribution in [0.15, 0.2) is 11.1 Å². The van der Waals surface area contributed by atoms with Crippen molar-refractivity contribution in [1.82, 2.24) is 29.3 Å². The predicted octanol–water partition coefficient (Wildman–Crippen LogP) is 4.02. The summed E-state index contributed by atoms with van der Waals surface area (Å²) >= 11 is 2.32. The molecular formula is C14H12ClF5N6SZn. The van der Waals surface area contributed by atoms with Gasteiger partial charge in [-0.3, -0.25) is 0 Å². The second kappa shape index (κ2) is 8.58. The summed E-state index contributed by atoms with van der Waals surface area (Å²) in [6.45, 7) is 1.94. The van der Waals surface area contributed by atoms with Crippen molar-refractivity contribution in [3.8, 4) is 11.5 Å². The molecule has 0 radical (unpaired) electrons. The van der Waals surface area contributed by atoms with Gasteiger partial charge in [0.25, 0.3) is 0 Å². The minimum atomic E-state index is -5.77. The molecule has 3 aromatic rings. The van der Waals surface area contributed by atoms with E-state index >= 15 is 0 Å². The molecule has 3 rings (SSSR count). The van der Waals surface area contributed by atoms with E-state index in [-0.39, 0.29) is 17.0 Å². The SMILES string of the molecule is CCSc1c(-c2nc3cc(C(F)(F)C(F)(F)F)nnc3n2C)n[c-]n1C.[Cl][Zn+]. The van der Waals surface area contributed by atoms with Crippen LogP contribution in [0, 0.1) is 6.33 Å². The quantitative estimate of drug-likeness (QED) is 0.239. The molecule has 14 heteroatoms. The summed E-state index contributed by atoms with van der Waals surface area (Å²) in [5, 5.41) is 7.30. The van der Waals surface area contributed by atoms with Gasteiger partial charge in [0.05, 0.1) is 5.82 Å². The third kappa shape index (κ3) is 4.02. The van der Waals surface area contributed by atoms with E-state index in [1.165, 1.54) is 16.3 Å². The number of imidazole rings is 2. The molecule has 0 amide bonds. The molecule has 0 aliphatic heterocycles. The predicted molar refractivity (Wildman–Crippen MR) is 89.5 cm³/mol. The summed E-state index contributed by atoms with van der Waals surface area (Å²) < 4.78 is 67.7. The molecule has 3 heterocycles. The third-order valence-corrected chi connectivity index (χ3v) is 4.64. The molecule has 0 aliphatic carbocycles. The molecule has 0 atom stereocenters. The molecule has 0 saturated heterocycles. The van der Waals surface area contributed by atoms with E-state index in [1.54, 1.807) is 18.7 Å². The van der Waals surface area contributed by atoms with Gasteiger partial charge in [0.15, 0.2) is 5.65 Å². The first-order valence-corrected chi connectivity index (χ1v) is 12.5. The molecule has 28 heavy (non-hydrogen) atoms. The van der Waals surface area contributed by atoms with Gasteiger partial charge >= 0.3 is 39.1 Å². The number of aryl methyl sites for hydroxylation is 2.